The summed E-state index contributed by atoms with van der Waals surface area (Å²) in [7, 11) is 1.72. The second-order valence-electron chi connectivity index (χ2n) is 3.71. The zero-order valence-corrected chi connectivity index (χ0v) is 9.42. The number of hydrogen-bond acceptors (Lipinski definition) is 4. The van der Waals surface area contributed by atoms with Gasteiger partial charge in [-0.1, -0.05) is 0 Å². The molecule has 2 atom stereocenters. The highest BCUT2D eigenvalue weighted by atomic mass is 32.1. The highest BCUT2D eigenvalue weighted by molar-refractivity contribution is 7.07. The first kappa shape index (κ1) is 10.6. The molecule has 2 rings (SSSR count). The molecule has 0 saturated heterocycles. The predicted octanol–water partition coefficient (Wildman–Crippen LogP) is 1.44. The normalized spacial score (nSPS) is 25.4. The lowest BCUT2D eigenvalue weighted by atomic mass is 10.2. The summed E-state index contributed by atoms with van der Waals surface area (Å²) >= 11 is 1.43. The van der Waals surface area contributed by atoms with E-state index in [1.54, 1.807) is 18.0 Å². The van der Waals surface area contributed by atoms with Crippen molar-refractivity contribution < 1.29 is 9.53 Å². The van der Waals surface area contributed by atoms with E-state index in [0.717, 1.165) is 19.3 Å². The summed E-state index contributed by atoms with van der Waals surface area (Å²) in [5.41, 5.74) is 2.18. The molecule has 1 aliphatic carbocycles. The summed E-state index contributed by atoms with van der Waals surface area (Å²) in [6.45, 7) is 0. The quantitative estimate of drug-likeness (QED) is 0.848. The van der Waals surface area contributed by atoms with Crippen LogP contribution in [-0.2, 0) is 4.74 Å². The number of nitrogens with one attached hydrogen (secondary N) is 1. The van der Waals surface area contributed by atoms with Crippen molar-refractivity contribution in [3.05, 3.63) is 16.6 Å². The van der Waals surface area contributed by atoms with Gasteiger partial charge >= 0.3 is 0 Å². The van der Waals surface area contributed by atoms with Gasteiger partial charge in [0.25, 0.3) is 5.91 Å². The molecule has 4 nitrogen and oxygen atoms in total. The van der Waals surface area contributed by atoms with Crippen molar-refractivity contribution >= 4 is 17.2 Å². The summed E-state index contributed by atoms with van der Waals surface area (Å²) in [5.74, 6) is -0.0713. The van der Waals surface area contributed by atoms with Crippen LogP contribution in [-0.4, -0.2) is 30.1 Å². The fourth-order valence-corrected chi connectivity index (χ4v) is 2.40. The zero-order chi connectivity index (χ0) is 10.7. The number of methoxy groups -OCH3 is 1. The van der Waals surface area contributed by atoms with E-state index < -0.39 is 0 Å². The van der Waals surface area contributed by atoms with E-state index in [-0.39, 0.29) is 11.9 Å². The fraction of sp³-hybridized carbons (Fsp3) is 0.600. The molecule has 5 heteroatoms. The number of nitrogens with zero attached hydrogens (tertiary/aromatic N) is 1. The summed E-state index contributed by atoms with van der Waals surface area (Å²) < 4.78 is 5.25. The van der Waals surface area contributed by atoms with Crippen LogP contribution in [0.4, 0.5) is 0 Å². The molecule has 1 aromatic rings. The standard InChI is InChI=1S/C10H14N2O2S/c1-14-8-3-2-7(4-8)12-10(13)9-5-15-6-11-9/h5-8H,2-4H2,1H3,(H,12,13). The second kappa shape index (κ2) is 4.72. The lowest BCUT2D eigenvalue weighted by Gasteiger charge is -2.11. The molecule has 82 valence electrons. The van der Waals surface area contributed by atoms with Gasteiger partial charge in [0.1, 0.15) is 5.69 Å². The Balaban J connectivity index is 1.86. The molecule has 1 heterocycles. The first-order valence-corrected chi connectivity index (χ1v) is 5.95. The first-order valence-electron chi connectivity index (χ1n) is 5.01. The van der Waals surface area contributed by atoms with E-state index in [2.05, 4.69) is 10.3 Å². The monoisotopic (exact) mass is 226 g/mol. The Morgan fingerprint density at radius 3 is 3.13 bits per heavy atom. The minimum Gasteiger partial charge on any atom is -0.381 e. The maximum atomic E-state index is 11.6. The second-order valence-corrected chi connectivity index (χ2v) is 4.43. The third-order valence-electron chi connectivity index (χ3n) is 2.72. The van der Waals surface area contributed by atoms with Gasteiger partial charge in [-0.15, -0.1) is 11.3 Å². The molecule has 0 spiro atoms. The van der Waals surface area contributed by atoms with Gasteiger partial charge in [-0.3, -0.25) is 4.79 Å². The number of carbonyl (C=O) groups excluding carboxylic acids is 1. The van der Waals surface area contributed by atoms with Crippen molar-refractivity contribution in [3.8, 4) is 0 Å². The van der Waals surface area contributed by atoms with Gasteiger partial charge in [-0.05, 0) is 19.3 Å². The maximum absolute atomic E-state index is 11.6. The Labute approximate surface area is 92.7 Å². The van der Waals surface area contributed by atoms with E-state index in [4.69, 9.17) is 4.74 Å². The molecule has 0 radical (unpaired) electrons. The largest absolute Gasteiger partial charge is 0.381 e. The molecule has 0 bridgehead atoms. The molecule has 1 amide bonds. The highest BCUT2D eigenvalue weighted by Gasteiger charge is 2.26. The maximum Gasteiger partial charge on any atom is 0.270 e. The third-order valence-corrected chi connectivity index (χ3v) is 3.30. The van der Waals surface area contributed by atoms with Gasteiger partial charge in [0, 0.05) is 18.5 Å². The topological polar surface area (TPSA) is 51.2 Å². The average molecular weight is 226 g/mol. The average Bonchev–Trinajstić information content (AvgIpc) is 2.87. The SMILES string of the molecule is COC1CCC(NC(=O)c2cscn2)C1. The third kappa shape index (κ3) is 2.54. The number of rotatable bonds is 3. The van der Waals surface area contributed by atoms with E-state index in [1.165, 1.54) is 11.3 Å². The van der Waals surface area contributed by atoms with Crippen LogP contribution in [0.2, 0.25) is 0 Å². The van der Waals surface area contributed by atoms with Crippen molar-refractivity contribution in [2.45, 2.75) is 31.4 Å². The number of ether oxygens (including phenoxy) is 1. The summed E-state index contributed by atoms with van der Waals surface area (Å²) in [6, 6.07) is 0.240. The number of carbonyl (C=O) groups is 1. The van der Waals surface area contributed by atoms with Crippen molar-refractivity contribution in [3.63, 3.8) is 0 Å². The molecule has 15 heavy (non-hydrogen) atoms. The van der Waals surface area contributed by atoms with Gasteiger partial charge in [0.2, 0.25) is 0 Å². The minimum absolute atomic E-state index is 0.0713. The number of aromatic nitrogens is 1. The lowest BCUT2D eigenvalue weighted by molar-refractivity contribution is 0.0911. The number of amides is 1. The Morgan fingerprint density at radius 1 is 1.67 bits per heavy atom. The van der Waals surface area contributed by atoms with E-state index in [9.17, 15) is 4.79 Å². The molecule has 1 N–H and O–H groups in total. The summed E-state index contributed by atoms with van der Waals surface area (Å²) in [4.78, 5) is 15.6. The molecule has 2 unspecified atom stereocenters. The minimum atomic E-state index is -0.0713. The van der Waals surface area contributed by atoms with Crippen molar-refractivity contribution in [1.82, 2.24) is 10.3 Å². The first-order chi connectivity index (χ1) is 7.29. The molecule has 0 aromatic carbocycles. The number of thiazole rings is 1. The van der Waals surface area contributed by atoms with Crippen LogP contribution in [0.25, 0.3) is 0 Å². The molecule has 1 saturated carbocycles. The van der Waals surface area contributed by atoms with Gasteiger partial charge in [-0.2, -0.15) is 0 Å². The Hall–Kier alpha value is -0.940. The molecule has 1 aliphatic rings. The van der Waals surface area contributed by atoms with Crippen LogP contribution in [0.1, 0.15) is 29.8 Å². The number of hydrogen-bond donors (Lipinski definition) is 1. The van der Waals surface area contributed by atoms with Crippen LogP contribution in [0.5, 0.6) is 0 Å². The van der Waals surface area contributed by atoms with Crippen LogP contribution in [0, 0.1) is 0 Å². The van der Waals surface area contributed by atoms with Crippen LogP contribution >= 0.6 is 11.3 Å². The highest BCUT2D eigenvalue weighted by Crippen LogP contribution is 2.21. The van der Waals surface area contributed by atoms with Gasteiger partial charge in [0.05, 0.1) is 11.6 Å². The summed E-state index contributed by atoms with van der Waals surface area (Å²) in [6.07, 6.45) is 3.23. The van der Waals surface area contributed by atoms with Gasteiger partial charge < -0.3 is 10.1 Å². The van der Waals surface area contributed by atoms with Crippen LogP contribution in [0.3, 0.4) is 0 Å². The fourth-order valence-electron chi connectivity index (χ4n) is 1.87. The van der Waals surface area contributed by atoms with Crippen molar-refractivity contribution in [2.24, 2.45) is 0 Å². The zero-order valence-electron chi connectivity index (χ0n) is 8.60. The van der Waals surface area contributed by atoms with E-state index >= 15 is 0 Å². The van der Waals surface area contributed by atoms with Crippen molar-refractivity contribution in [1.29, 1.82) is 0 Å². The molecular formula is C10H14N2O2S. The Bertz CT molecular complexity index is 326. The summed E-state index contributed by atoms with van der Waals surface area (Å²) in [5, 5.41) is 4.73. The molecule has 1 fully saturated rings. The smallest absolute Gasteiger partial charge is 0.270 e. The van der Waals surface area contributed by atoms with E-state index in [1.807, 2.05) is 0 Å². The molecule has 0 aliphatic heterocycles. The lowest BCUT2D eigenvalue weighted by Crippen LogP contribution is -2.33. The Kier molecular flexibility index (Phi) is 3.33. The van der Waals surface area contributed by atoms with E-state index in [0.29, 0.717) is 11.8 Å². The molecule has 1 aromatic heterocycles. The van der Waals surface area contributed by atoms with Gasteiger partial charge in [0.15, 0.2) is 0 Å². The predicted molar refractivity (Wildman–Crippen MR) is 58.0 cm³/mol. The van der Waals surface area contributed by atoms with Crippen molar-refractivity contribution in [2.75, 3.05) is 7.11 Å². The van der Waals surface area contributed by atoms with Crippen LogP contribution in [0.15, 0.2) is 10.9 Å². The van der Waals surface area contributed by atoms with Gasteiger partial charge in [-0.25, -0.2) is 4.98 Å². The Morgan fingerprint density at radius 2 is 2.53 bits per heavy atom. The van der Waals surface area contributed by atoms with Crippen LogP contribution < -0.4 is 5.32 Å². The molecular weight excluding hydrogens is 212 g/mol.